The van der Waals surface area contributed by atoms with E-state index in [9.17, 15) is 45.8 Å². The van der Waals surface area contributed by atoms with Gasteiger partial charge < -0.3 is 41.6 Å². The first kappa shape index (κ1) is 47.2. The molecule has 0 aliphatic carbocycles. The number of amides is 3. The van der Waals surface area contributed by atoms with Gasteiger partial charge in [-0.2, -0.15) is 26.3 Å². The Labute approximate surface area is 333 Å². The van der Waals surface area contributed by atoms with Gasteiger partial charge >= 0.3 is 24.3 Å². The summed E-state index contributed by atoms with van der Waals surface area (Å²) in [4.78, 5) is 67.0. The predicted octanol–water partition coefficient (Wildman–Crippen LogP) is 5.14. The van der Waals surface area contributed by atoms with Gasteiger partial charge in [-0.1, -0.05) is 36.4 Å². The molecule has 0 saturated heterocycles. The van der Waals surface area contributed by atoms with E-state index in [0.29, 0.717) is 31.6 Å². The number of aliphatic carboxylic acids is 2. The number of fused-ring (bicyclic) bond motifs is 2. The molecule has 2 heterocycles. The highest BCUT2D eigenvalue weighted by Crippen LogP contribution is 2.28. The number of carbonyl (C=O) groups excluding carboxylic acids is 3. The summed E-state index contributed by atoms with van der Waals surface area (Å²) in [6, 6.07) is 16.9. The molecule has 14 nitrogen and oxygen atoms in total. The number of halogens is 6. The van der Waals surface area contributed by atoms with Crippen LogP contribution in [-0.4, -0.2) is 90.8 Å². The first-order valence-corrected chi connectivity index (χ1v) is 18.0. The molecule has 0 bridgehead atoms. The molecule has 3 atom stereocenters. The molecule has 20 heteroatoms. The van der Waals surface area contributed by atoms with Crippen LogP contribution in [0.25, 0.3) is 11.0 Å². The Morgan fingerprint density at radius 1 is 0.898 bits per heavy atom. The van der Waals surface area contributed by atoms with Crippen LogP contribution in [0.2, 0.25) is 0 Å². The molecule has 3 amide bonds. The molecule has 320 valence electrons. The van der Waals surface area contributed by atoms with Crippen molar-refractivity contribution < 1.29 is 65.6 Å². The molecule has 59 heavy (non-hydrogen) atoms. The minimum Gasteiger partial charge on any atom is -0.508 e. The number of carbonyl (C=O) groups is 5. The first-order valence-electron chi connectivity index (χ1n) is 18.0. The lowest BCUT2D eigenvalue weighted by molar-refractivity contribution is -0.193. The van der Waals surface area contributed by atoms with Gasteiger partial charge in [-0.3, -0.25) is 14.4 Å². The van der Waals surface area contributed by atoms with Gasteiger partial charge in [-0.05, 0) is 91.6 Å². The average molecular weight is 839 g/mol. The van der Waals surface area contributed by atoms with Crippen LogP contribution in [0, 0.1) is 13.8 Å². The van der Waals surface area contributed by atoms with Crippen LogP contribution in [0.15, 0.2) is 60.7 Å². The van der Waals surface area contributed by atoms with Crippen molar-refractivity contribution in [2.75, 3.05) is 6.54 Å². The summed E-state index contributed by atoms with van der Waals surface area (Å²) in [5, 5.41) is 30.3. The van der Waals surface area contributed by atoms with Crippen LogP contribution in [0.1, 0.15) is 65.9 Å². The number of unbranched alkanes of at least 4 members (excludes halogenated alkanes) is 1. The number of hydrogen-bond donors (Lipinski definition) is 7. The van der Waals surface area contributed by atoms with Crippen molar-refractivity contribution in [1.82, 2.24) is 25.5 Å². The first-order chi connectivity index (χ1) is 27.5. The van der Waals surface area contributed by atoms with Crippen LogP contribution in [0.3, 0.4) is 0 Å². The summed E-state index contributed by atoms with van der Waals surface area (Å²) in [5.74, 6) is -5.34. The van der Waals surface area contributed by atoms with Crippen molar-refractivity contribution in [2.45, 2.75) is 89.9 Å². The Kier molecular flexibility index (Phi) is 16.4. The Bertz CT molecular complexity index is 2040. The van der Waals surface area contributed by atoms with E-state index >= 15 is 0 Å². The summed E-state index contributed by atoms with van der Waals surface area (Å²) in [6.45, 7) is 6.10. The van der Waals surface area contributed by atoms with E-state index in [4.69, 9.17) is 30.5 Å². The Balaban J connectivity index is 0.000000569. The smallest absolute Gasteiger partial charge is 0.490 e. The van der Waals surface area contributed by atoms with Crippen LogP contribution in [0.4, 0.5) is 26.3 Å². The second-order valence-corrected chi connectivity index (χ2v) is 13.6. The number of nitrogens with two attached hydrogens (primary N) is 1. The molecule has 0 spiro atoms. The van der Waals surface area contributed by atoms with Crippen LogP contribution >= 0.6 is 0 Å². The molecule has 1 aromatic heterocycles. The number of nitrogens with zero attached hydrogens (tertiary/aromatic N) is 2. The summed E-state index contributed by atoms with van der Waals surface area (Å²) in [6.07, 6.45) is -7.42. The largest absolute Gasteiger partial charge is 0.508 e. The van der Waals surface area contributed by atoms with Gasteiger partial charge in [0, 0.05) is 26.4 Å². The van der Waals surface area contributed by atoms with E-state index in [1.807, 2.05) is 62.4 Å². The van der Waals surface area contributed by atoms with Gasteiger partial charge in [0.2, 0.25) is 17.7 Å². The highest BCUT2D eigenvalue weighted by atomic mass is 19.4. The number of rotatable bonds is 11. The quantitative estimate of drug-likeness (QED) is 0.0778. The number of alkyl halides is 6. The number of aromatic hydroxyl groups is 1. The van der Waals surface area contributed by atoms with E-state index in [1.54, 1.807) is 17.0 Å². The van der Waals surface area contributed by atoms with Gasteiger partial charge in [0.25, 0.3) is 0 Å². The fourth-order valence-electron chi connectivity index (χ4n) is 6.22. The van der Waals surface area contributed by atoms with Crippen molar-refractivity contribution >= 4 is 40.7 Å². The van der Waals surface area contributed by atoms with Gasteiger partial charge in [0.05, 0.1) is 23.1 Å². The molecule has 2 unspecified atom stereocenters. The molecule has 3 aromatic carbocycles. The van der Waals surface area contributed by atoms with Gasteiger partial charge in [0.15, 0.2) is 0 Å². The molecule has 4 aromatic rings. The van der Waals surface area contributed by atoms with Crippen molar-refractivity contribution in [1.29, 1.82) is 0 Å². The maximum Gasteiger partial charge on any atom is 0.490 e. The molecule has 8 N–H and O–H groups in total. The van der Waals surface area contributed by atoms with Crippen molar-refractivity contribution in [3.8, 4) is 5.75 Å². The zero-order chi connectivity index (χ0) is 44.2. The maximum absolute atomic E-state index is 14.2. The second kappa shape index (κ2) is 20.5. The number of phenolic OH excluding ortho intramolecular Hbond substituents is 1. The molecule has 5 rings (SSSR count). The van der Waals surface area contributed by atoms with Crippen molar-refractivity contribution in [3.05, 3.63) is 94.3 Å². The lowest BCUT2D eigenvalue weighted by atomic mass is 9.91. The number of phenols is 1. The predicted molar refractivity (Wildman–Crippen MR) is 201 cm³/mol. The monoisotopic (exact) mass is 838 g/mol. The molecule has 0 fully saturated rings. The number of H-pyrrole nitrogens is 1. The summed E-state index contributed by atoms with van der Waals surface area (Å²) in [5.41, 5.74) is 12.9. The lowest BCUT2D eigenvalue weighted by Gasteiger charge is -2.38. The number of carboxylic acids is 2. The number of para-hydroxylation sites is 2. The Morgan fingerprint density at radius 3 is 1.98 bits per heavy atom. The number of aryl methyl sites for hydroxylation is 2. The molecular weight excluding hydrogens is 794 g/mol. The Morgan fingerprint density at radius 2 is 1.44 bits per heavy atom. The van der Waals surface area contributed by atoms with Crippen LogP contribution in [0.5, 0.6) is 5.75 Å². The SMILES string of the molecule is CC(=O)NCCCC[C@H](NC(=O)C1Cc2ccccc2CN1C(=O)C(N)Cc1c(C)cc(O)cc1C)c1nc2ccccc2[nH]1.O=C(O)C(F)(F)F.O=C(O)C(F)(F)F. The number of imidazole rings is 1. The third kappa shape index (κ3) is 14.0. The third-order valence-corrected chi connectivity index (χ3v) is 9.09. The molecule has 0 radical (unpaired) electrons. The fourth-order valence-corrected chi connectivity index (χ4v) is 6.22. The second-order valence-electron chi connectivity index (χ2n) is 13.6. The number of nitrogens with one attached hydrogen (secondary N) is 3. The minimum absolute atomic E-state index is 0.0755. The topological polar surface area (TPSA) is 228 Å². The highest BCUT2D eigenvalue weighted by Gasteiger charge is 2.40. The molecule has 1 aliphatic rings. The summed E-state index contributed by atoms with van der Waals surface area (Å²) >= 11 is 0. The molecule has 1 aliphatic heterocycles. The number of aromatic nitrogens is 2. The van der Waals surface area contributed by atoms with E-state index in [-0.39, 0.29) is 30.0 Å². The maximum atomic E-state index is 14.2. The van der Waals surface area contributed by atoms with E-state index in [0.717, 1.165) is 51.7 Å². The minimum atomic E-state index is -5.08. The average Bonchev–Trinajstić information content (AvgIpc) is 3.59. The standard InChI is InChI=1S/C35H42N6O4.2C2HF3O2/c1-21-16-26(43)17-22(2)27(21)19-28(36)35(45)41-20-25-11-5-4-10-24(25)18-32(41)34(44)40-31(14-8-9-15-37-23(3)42)33-38-29-12-6-7-13-30(29)39-33;2*3-2(4,5)1(6)7/h4-7,10-13,16-17,28,31-32,43H,8-9,14-15,18-20,36H2,1-3H3,(H,37,42)(H,38,39)(H,40,44);2*(H,6,7)/t28?,31-,32?;;/m0../s1. The third-order valence-electron chi connectivity index (χ3n) is 9.09. The van der Waals surface area contributed by atoms with E-state index < -0.39 is 42.4 Å². The molecule has 0 saturated carbocycles. The van der Waals surface area contributed by atoms with Gasteiger partial charge in [-0.15, -0.1) is 0 Å². The highest BCUT2D eigenvalue weighted by molar-refractivity contribution is 5.91. The normalized spacial score (nSPS) is 14.7. The summed E-state index contributed by atoms with van der Waals surface area (Å²) < 4.78 is 63.5. The number of benzene rings is 3. The van der Waals surface area contributed by atoms with Crippen LogP contribution < -0.4 is 16.4 Å². The number of carboxylic acid groups (broad SMARTS) is 2. The lowest BCUT2D eigenvalue weighted by Crippen LogP contribution is -2.57. The number of hydrogen-bond acceptors (Lipinski definition) is 8. The van der Waals surface area contributed by atoms with Gasteiger partial charge in [0.1, 0.15) is 17.6 Å². The van der Waals surface area contributed by atoms with Crippen molar-refractivity contribution in [3.63, 3.8) is 0 Å². The van der Waals surface area contributed by atoms with Crippen molar-refractivity contribution in [2.24, 2.45) is 5.73 Å². The van der Waals surface area contributed by atoms with E-state index in [2.05, 4.69) is 15.6 Å². The van der Waals surface area contributed by atoms with Crippen LogP contribution in [-0.2, 0) is 43.4 Å². The Hall–Kier alpha value is -6.18. The summed E-state index contributed by atoms with van der Waals surface area (Å²) in [7, 11) is 0. The van der Waals surface area contributed by atoms with Gasteiger partial charge in [-0.25, -0.2) is 14.6 Å². The fraction of sp³-hybridized carbons (Fsp3) is 0.385. The number of aromatic amines is 1. The molecular formula is C39H44F6N6O8. The zero-order valence-electron chi connectivity index (χ0n) is 32.1. The zero-order valence-corrected chi connectivity index (χ0v) is 32.1. The van der Waals surface area contributed by atoms with E-state index in [1.165, 1.54) is 6.92 Å².